The first-order chi connectivity index (χ1) is 16.7. The Balaban J connectivity index is 1.84. The standard InChI is InChI=1S/C27H31Cl2N3O3/c1-27(2)14-21-25(23(33)15-27)26(18-10-9-17(28)13-19(18)29)32(16-24(34)30-11-6-12-35-3)22-8-5-4-7-20(22)31-21/h4-5,7-10,13,26,31H,6,11-12,14-16H2,1-3H3,(H,30,34). The highest BCUT2D eigenvalue weighted by atomic mass is 35.5. The number of ketones is 1. The van der Waals surface area contributed by atoms with Gasteiger partial charge in [-0.15, -0.1) is 0 Å². The molecule has 1 aliphatic carbocycles. The van der Waals surface area contributed by atoms with Gasteiger partial charge in [0.2, 0.25) is 5.91 Å². The molecular formula is C27H31Cl2N3O3. The molecule has 4 rings (SSSR count). The van der Waals surface area contributed by atoms with Gasteiger partial charge in [-0.25, -0.2) is 0 Å². The van der Waals surface area contributed by atoms with Crippen molar-refractivity contribution in [2.75, 3.05) is 37.0 Å². The summed E-state index contributed by atoms with van der Waals surface area (Å²) in [5, 5.41) is 7.48. The number of rotatable bonds is 7. The molecule has 2 aromatic rings. The van der Waals surface area contributed by atoms with E-state index in [2.05, 4.69) is 24.5 Å². The number of para-hydroxylation sites is 2. The van der Waals surface area contributed by atoms with Gasteiger partial charge in [0.15, 0.2) is 5.78 Å². The number of ether oxygens (including phenoxy) is 1. The Hall–Kier alpha value is -2.54. The Labute approximate surface area is 216 Å². The molecule has 2 N–H and O–H groups in total. The number of carbonyl (C=O) groups is 2. The number of nitrogens with zero attached hydrogens (tertiary/aromatic N) is 1. The summed E-state index contributed by atoms with van der Waals surface area (Å²) in [5.74, 6) is -0.0864. The Morgan fingerprint density at radius 1 is 1.20 bits per heavy atom. The molecule has 1 heterocycles. The first-order valence-electron chi connectivity index (χ1n) is 11.8. The molecule has 1 amide bonds. The predicted octanol–water partition coefficient (Wildman–Crippen LogP) is 5.76. The average Bonchev–Trinajstić information content (AvgIpc) is 2.91. The quantitative estimate of drug-likeness (QED) is 0.458. The van der Waals surface area contributed by atoms with Crippen molar-refractivity contribution < 1.29 is 14.3 Å². The monoisotopic (exact) mass is 515 g/mol. The highest BCUT2D eigenvalue weighted by molar-refractivity contribution is 6.35. The molecule has 1 aliphatic heterocycles. The first kappa shape index (κ1) is 25.5. The second-order valence-corrected chi connectivity index (χ2v) is 10.7. The third-order valence-corrected chi connectivity index (χ3v) is 6.98. The number of allylic oxidation sites excluding steroid dienone is 1. The third kappa shape index (κ3) is 5.66. The summed E-state index contributed by atoms with van der Waals surface area (Å²) in [4.78, 5) is 28.7. The van der Waals surface area contributed by atoms with Crippen LogP contribution in [0, 0.1) is 5.41 Å². The second-order valence-electron chi connectivity index (χ2n) is 9.87. The van der Waals surface area contributed by atoms with Gasteiger partial charge < -0.3 is 20.3 Å². The van der Waals surface area contributed by atoms with Crippen LogP contribution in [0.3, 0.4) is 0 Å². The number of carbonyl (C=O) groups excluding carboxylic acids is 2. The molecule has 6 nitrogen and oxygen atoms in total. The van der Waals surface area contributed by atoms with Crippen molar-refractivity contribution in [3.63, 3.8) is 0 Å². The lowest BCUT2D eigenvalue weighted by molar-refractivity contribution is -0.120. The fourth-order valence-corrected chi connectivity index (χ4v) is 5.44. The molecule has 0 fully saturated rings. The number of nitrogens with one attached hydrogen (secondary N) is 2. The molecule has 0 aromatic heterocycles. The fourth-order valence-electron chi connectivity index (χ4n) is 4.93. The van der Waals surface area contributed by atoms with Crippen LogP contribution in [0.5, 0.6) is 0 Å². The SMILES string of the molecule is COCCCNC(=O)CN1c2ccccc2NC2=C(C(=O)CC(C)(C)C2)C1c1ccc(Cl)cc1Cl. The first-order valence-corrected chi connectivity index (χ1v) is 12.6. The van der Waals surface area contributed by atoms with Crippen LogP contribution in [-0.2, 0) is 14.3 Å². The second kappa shape index (κ2) is 10.6. The number of anilines is 2. The summed E-state index contributed by atoms with van der Waals surface area (Å²) in [5.41, 5.74) is 3.76. The molecule has 8 heteroatoms. The molecule has 35 heavy (non-hydrogen) atoms. The zero-order valence-electron chi connectivity index (χ0n) is 20.3. The highest BCUT2D eigenvalue weighted by Gasteiger charge is 2.42. The molecule has 0 spiro atoms. The van der Waals surface area contributed by atoms with Crippen LogP contribution in [0.2, 0.25) is 10.0 Å². The molecule has 0 bridgehead atoms. The molecule has 186 valence electrons. The van der Waals surface area contributed by atoms with Crippen molar-refractivity contribution in [1.29, 1.82) is 0 Å². The molecule has 2 aliphatic rings. The van der Waals surface area contributed by atoms with Crippen LogP contribution in [0.15, 0.2) is 53.7 Å². The van der Waals surface area contributed by atoms with E-state index in [4.69, 9.17) is 27.9 Å². The minimum Gasteiger partial charge on any atom is -0.385 e. The van der Waals surface area contributed by atoms with E-state index in [1.165, 1.54) is 0 Å². The average molecular weight is 516 g/mol. The Kier molecular flexibility index (Phi) is 7.74. The van der Waals surface area contributed by atoms with E-state index in [-0.39, 0.29) is 23.7 Å². The largest absolute Gasteiger partial charge is 0.385 e. The molecule has 1 atom stereocenters. The van der Waals surface area contributed by atoms with Gasteiger partial charge in [-0.2, -0.15) is 0 Å². The van der Waals surface area contributed by atoms with E-state index < -0.39 is 6.04 Å². The summed E-state index contributed by atoms with van der Waals surface area (Å²) in [6.07, 6.45) is 1.85. The molecule has 0 saturated carbocycles. The third-order valence-electron chi connectivity index (χ3n) is 6.42. The summed E-state index contributed by atoms with van der Waals surface area (Å²) in [7, 11) is 1.64. The lowest BCUT2D eigenvalue weighted by Gasteiger charge is -2.38. The van der Waals surface area contributed by atoms with Gasteiger partial charge in [0.1, 0.15) is 0 Å². The van der Waals surface area contributed by atoms with Gasteiger partial charge in [-0.3, -0.25) is 9.59 Å². The summed E-state index contributed by atoms with van der Waals surface area (Å²) in [6, 6.07) is 12.6. The van der Waals surface area contributed by atoms with E-state index in [0.717, 1.165) is 29.1 Å². The topological polar surface area (TPSA) is 70.7 Å². The Morgan fingerprint density at radius 2 is 1.97 bits per heavy atom. The van der Waals surface area contributed by atoms with E-state index in [1.54, 1.807) is 19.2 Å². The number of benzene rings is 2. The van der Waals surface area contributed by atoms with Gasteiger partial charge in [-0.05, 0) is 48.1 Å². The van der Waals surface area contributed by atoms with Gasteiger partial charge in [0, 0.05) is 48.0 Å². The van der Waals surface area contributed by atoms with Gasteiger partial charge in [-0.1, -0.05) is 55.2 Å². The predicted molar refractivity (Wildman–Crippen MR) is 141 cm³/mol. The van der Waals surface area contributed by atoms with E-state index in [1.807, 2.05) is 35.2 Å². The van der Waals surface area contributed by atoms with E-state index in [0.29, 0.717) is 41.6 Å². The minimum absolute atomic E-state index is 0.0538. The number of halogens is 2. The lowest BCUT2D eigenvalue weighted by atomic mass is 9.73. The van der Waals surface area contributed by atoms with Crippen LogP contribution in [0.25, 0.3) is 0 Å². The fraction of sp³-hybridized carbons (Fsp3) is 0.407. The van der Waals surface area contributed by atoms with Crippen molar-refractivity contribution >= 4 is 46.3 Å². The Bertz CT molecular complexity index is 1160. The number of hydrogen-bond acceptors (Lipinski definition) is 5. The van der Waals surface area contributed by atoms with Crippen LogP contribution < -0.4 is 15.5 Å². The van der Waals surface area contributed by atoms with Crippen molar-refractivity contribution in [3.8, 4) is 0 Å². The van der Waals surface area contributed by atoms with Crippen molar-refractivity contribution in [2.45, 2.75) is 39.2 Å². The minimum atomic E-state index is -0.542. The zero-order valence-corrected chi connectivity index (χ0v) is 21.8. The van der Waals surface area contributed by atoms with Crippen molar-refractivity contribution in [1.82, 2.24) is 5.32 Å². The van der Waals surface area contributed by atoms with Gasteiger partial charge in [0.25, 0.3) is 0 Å². The van der Waals surface area contributed by atoms with Crippen molar-refractivity contribution in [3.05, 3.63) is 69.3 Å². The van der Waals surface area contributed by atoms with Gasteiger partial charge in [0.05, 0.1) is 24.0 Å². The van der Waals surface area contributed by atoms with Gasteiger partial charge >= 0.3 is 0 Å². The summed E-state index contributed by atoms with van der Waals surface area (Å²) < 4.78 is 5.08. The molecular weight excluding hydrogens is 485 g/mol. The highest BCUT2D eigenvalue weighted by Crippen LogP contribution is 2.49. The van der Waals surface area contributed by atoms with E-state index >= 15 is 0 Å². The maximum Gasteiger partial charge on any atom is 0.239 e. The van der Waals surface area contributed by atoms with Crippen LogP contribution in [0.4, 0.5) is 11.4 Å². The van der Waals surface area contributed by atoms with Crippen LogP contribution in [0.1, 0.15) is 44.7 Å². The van der Waals surface area contributed by atoms with Crippen LogP contribution >= 0.6 is 23.2 Å². The molecule has 0 radical (unpaired) electrons. The Morgan fingerprint density at radius 3 is 2.71 bits per heavy atom. The van der Waals surface area contributed by atoms with E-state index in [9.17, 15) is 9.59 Å². The molecule has 0 saturated heterocycles. The maximum atomic E-state index is 13.7. The number of methoxy groups -OCH3 is 1. The number of amides is 1. The smallest absolute Gasteiger partial charge is 0.239 e. The van der Waals surface area contributed by atoms with Crippen LogP contribution in [-0.4, -0.2) is 38.5 Å². The maximum absolute atomic E-state index is 13.7. The summed E-state index contributed by atoms with van der Waals surface area (Å²) >= 11 is 12.9. The lowest BCUT2D eigenvalue weighted by Crippen LogP contribution is -2.42. The normalized spacial score (nSPS) is 18.9. The number of Topliss-reactive ketones (excluding diaryl/α,β-unsaturated/α-hetero) is 1. The number of fused-ring (bicyclic) bond motifs is 1. The molecule has 2 aromatic carbocycles. The van der Waals surface area contributed by atoms with Crippen molar-refractivity contribution in [2.24, 2.45) is 5.41 Å². The zero-order chi connectivity index (χ0) is 25.2. The number of hydrogen-bond donors (Lipinski definition) is 2. The summed E-state index contributed by atoms with van der Waals surface area (Å²) in [6.45, 7) is 5.34. The molecule has 1 unspecified atom stereocenters.